The fourth-order valence-electron chi connectivity index (χ4n) is 3.59. The van der Waals surface area contributed by atoms with Crippen molar-refractivity contribution < 1.29 is 18.0 Å². The van der Waals surface area contributed by atoms with Gasteiger partial charge in [-0.05, 0) is 37.9 Å². The number of piperidine rings is 3. The molecular formula is C15H17F2N3O2. The van der Waals surface area contributed by atoms with Crippen molar-refractivity contribution in [2.45, 2.75) is 18.9 Å². The lowest BCUT2D eigenvalue weighted by molar-refractivity contribution is 0.0973. The van der Waals surface area contributed by atoms with Crippen LogP contribution in [0.15, 0.2) is 10.6 Å². The molecule has 3 aliphatic heterocycles. The highest BCUT2D eigenvalue weighted by Gasteiger charge is 2.35. The van der Waals surface area contributed by atoms with Crippen LogP contribution >= 0.6 is 0 Å². The van der Waals surface area contributed by atoms with Gasteiger partial charge in [0.05, 0.1) is 12.5 Å². The average molecular weight is 309 g/mol. The van der Waals surface area contributed by atoms with Crippen LogP contribution in [0.2, 0.25) is 0 Å². The SMILES string of the molecule is COc1c(F)cc2c(N[C@@H]3CN4CCC3CC4)noc2c1F. The average Bonchev–Trinajstić information content (AvgIpc) is 2.92. The molecule has 4 heterocycles. The highest BCUT2D eigenvalue weighted by Crippen LogP contribution is 2.35. The topological polar surface area (TPSA) is 50.5 Å². The fourth-order valence-corrected chi connectivity index (χ4v) is 3.59. The first-order chi connectivity index (χ1) is 10.7. The van der Waals surface area contributed by atoms with E-state index in [1.165, 1.54) is 13.2 Å². The molecule has 3 fully saturated rings. The number of ether oxygens (including phenoxy) is 1. The van der Waals surface area contributed by atoms with Crippen LogP contribution in [0.3, 0.4) is 0 Å². The molecule has 1 atom stereocenters. The molecule has 1 N–H and O–H groups in total. The van der Waals surface area contributed by atoms with Crippen molar-refractivity contribution in [3.8, 4) is 5.75 Å². The number of aromatic nitrogens is 1. The van der Waals surface area contributed by atoms with Gasteiger partial charge in [-0.25, -0.2) is 4.39 Å². The van der Waals surface area contributed by atoms with E-state index in [1.807, 2.05) is 0 Å². The van der Waals surface area contributed by atoms with E-state index in [-0.39, 0.29) is 11.6 Å². The van der Waals surface area contributed by atoms with Crippen molar-refractivity contribution in [2.75, 3.05) is 32.1 Å². The van der Waals surface area contributed by atoms with E-state index in [9.17, 15) is 8.78 Å². The predicted molar refractivity (Wildman–Crippen MR) is 77.1 cm³/mol. The van der Waals surface area contributed by atoms with Crippen LogP contribution in [0.5, 0.6) is 5.75 Å². The zero-order valence-electron chi connectivity index (χ0n) is 12.2. The van der Waals surface area contributed by atoms with Crippen molar-refractivity contribution in [1.82, 2.24) is 10.1 Å². The van der Waals surface area contributed by atoms with Gasteiger partial charge in [-0.3, -0.25) is 0 Å². The third-order valence-corrected chi connectivity index (χ3v) is 4.80. The van der Waals surface area contributed by atoms with Gasteiger partial charge in [-0.15, -0.1) is 0 Å². The second-order valence-electron chi connectivity index (χ2n) is 6.00. The van der Waals surface area contributed by atoms with Crippen LogP contribution < -0.4 is 10.1 Å². The van der Waals surface area contributed by atoms with Gasteiger partial charge in [0, 0.05) is 12.6 Å². The highest BCUT2D eigenvalue weighted by molar-refractivity contribution is 5.89. The summed E-state index contributed by atoms with van der Waals surface area (Å²) in [7, 11) is 1.22. The van der Waals surface area contributed by atoms with E-state index in [0.717, 1.165) is 32.5 Å². The molecule has 1 aromatic heterocycles. The molecule has 5 rings (SSSR count). The van der Waals surface area contributed by atoms with Crippen LogP contribution in [0.25, 0.3) is 11.0 Å². The number of fused-ring (bicyclic) bond motifs is 4. The van der Waals surface area contributed by atoms with Crippen LogP contribution in [0, 0.1) is 17.6 Å². The summed E-state index contributed by atoms with van der Waals surface area (Å²) in [6, 6.07) is 1.45. The minimum Gasteiger partial charge on any atom is -0.491 e. The zero-order valence-corrected chi connectivity index (χ0v) is 12.2. The molecule has 118 valence electrons. The first-order valence-corrected chi connectivity index (χ1v) is 7.47. The summed E-state index contributed by atoms with van der Waals surface area (Å²) in [5.41, 5.74) is -0.0815. The lowest BCUT2D eigenvalue weighted by Crippen LogP contribution is -2.53. The number of hydrogen-bond donors (Lipinski definition) is 1. The summed E-state index contributed by atoms with van der Waals surface area (Å²) in [4.78, 5) is 2.39. The van der Waals surface area contributed by atoms with Crippen LogP contribution in [-0.4, -0.2) is 42.8 Å². The first kappa shape index (κ1) is 13.8. The monoisotopic (exact) mass is 309 g/mol. The maximum Gasteiger partial charge on any atom is 0.214 e. The lowest BCUT2D eigenvalue weighted by Gasteiger charge is -2.44. The summed E-state index contributed by atoms with van der Waals surface area (Å²) < 4.78 is 37.8. The summed E-state index contributed by atoms with van der Waals surface area (Å²) >= 11 is 0. The number of nitrogens with one attached hydrogen (secondary N) is 1. The quantitative estimate of drug-likeness (QED) is 0.944. The molecule has 2 aromatic rings. The number of nitrogens with zero attached hydrogens (tertiary/aromatic N) is 2. The maximum atomic E-state index is 14.1. The number of methoxy groups -OCH3 is 1. The molecule has 3 aliphatic rings. The predicted octanol–water partition coefficient (Wildman–Crippen LogP) is 2.62. The van der Waals surface area contributed by atoms with Gasteiger partial charge in [0.25, 0.3) is 0 Å². The largest absolute Gasteiger partial charge is 0.491 e. The first-order valence-electron chi connectivity index (χ1n) is 7.47. The molecule has 0 amide bonds. The Labute approximate surface area is 126 Å². The number of hydrogen-bond acceptors (Lipinski definition) is 5. The third kappa shape index (κ3) is 2.03. The van der Waals surface area contributed by atoms with Gasteiger partial charge in [-0.2, -0.15) is 4.39 Å². The lowest BCUT2D eigenvalue weighted by atomic mass is 9.84. The molecule has 2 bridgehead atoms. The Morgan fingerprint density at radius 1 is 1.36 bits per heavy atom. The second-order valence-corrected chi connectivity index (χ2v) is 6.00. The van der Waals surface area contributed by atoms with Crippen molar-refractivity contribution in [3.63, 3.8) is 0 Å². The summed E-state index contributed by atoms with van der Waals surface area (Å²) in [6.07, 6.45) is 2.29. The molecule has 5 nitrogen and oxygen atoms in total. The van der Waals surface area contributed by atoms with Gasteiger partial charge in [0.2, 0.25) is 11.4 Å². The van der Waals surface area contributed by atoms with Gasteiger partial charge in [0.15, 0.2) is 17.4 Å². The Morgan fingerprint density at radius 3 is 2.77 bits per heavy atom. The van der Waals surface area contributed by atoms with E-state index >= 15 is 0 Å². The van der Waals surface area contributed by atoms with Crippen molar-refractivity contribution >= 4 is 16.8 Å². The van der Waals surface area contributed by atoms with Gasteiger partial charge in [0.1, 0.15) is 0 Å². The van der Waals surface area contributed by atoms with E-state index in [0.29, 0.717) is 17.1 Å². The van der Waals surface area contributed by atoms with Crippen LogP contribution in [-0.2, 0) is 0 Å². The van der Waals surface area contributed by atoms with Crippen LogP contribution in [0.4, 0.5) is 14.6 Å². The molecule has 0 aliphatic carbocycles. The molecule has 0 saturated carbocycles. The van der Waals surface area contributed by atoms with E-state index < -0.39 is 17.4 Å². The van der Waals surface area contributed by atoms with Crippen LogP contribution in [0.1, 0.15) is 12.8 Å². The molecule has 3 saturated heterocycles. The minimum absolute atomic E-state index is 0.0815. The zero-order chi connectivity index (χ0) is 15.3. The van der Waals surface area contributed by atoms with Crippen molar-refractivity contribution in [3.05, 3.63) is 17.7 Å². The van der Waals surface area contributed by atoms with Crippen molar-refractivity contribution in [1.29, 1.82) is 0 Å². The van der Waals surface area contributed by atoms with Crippen molar-refractivity contribution in [2.24, 2.45) is 5.92 Å². The second kappa shape index (κ2) is 5.08. The molecule has 7 heteroatoms. The molecule has 0 unspecified atom stereocenters. The Morgan fingerprint density at radius 2 is 2.14 bits per heavy atom. The Balaban J connectivity index is 1.68. The smallest absolute Gasteiger partial charge is 0.214 e. The van der Waals surface area contributed by atoms with Gasteiger partial charge >= 0.3 is 0 Å². The molecule has 22 heavy (non-hydrogen) atoms. The summed E-state index contributed by atoms with van der Waals surface area (Å²) in [5, 5.41) is 7.50. The Bertz CT molecular complexity index is 710. The molecule has 0 spiro atoms. The van der Waals surface area contributed by atoms with Gasteiger partial charge in [-0.1, -0.05) is 5.16 Å². The Hall–Kier alpha value is -1.89. The normalized spacial score (nSPS) is 27.3. The highest BCUT2D eigenvalue weighted by atomic mass is 19.1. The molecule has 0 radical (unpaired) electrons. The maximum absolute atomic E-state index is 14.1. The summed E-state index contributed by atoms with van der Waals surface area (Å²) in [5.74, 6) is -1.09. The number of halogens is 2. The van der Waals surface area contributed by atoms with E-state index in [1.54, 1.807) is 0 Å². The minimum atomic E-state index is -0.855. The third-order valence-electron chi connectivity index (χ3n) is 4.80. The number of benzene rings is 1. The standard InChI is InChI=1S/C15H17F2N3O2/c1-21-14-10(16)6-9-13(12(14)17)22-19-15(9)18-11-7-20-4-2-8(11)3-5-20/h6,8,11H,2-5,7H2,1H3,(H,18,19)/t11-/m1/s1. The van der Waals surface area contributed by atoms with E-state index in [2.05, 4.69) is 15.4 Å². The van der Waals surface area contributed by atoms with Gasteiger partial charge < -0.3 is 19.5 Å². The Kier molecular flexibility index (Phi) is 3.18. The molecule has 1 aromatic carbocycles. The molecular weight excluding hydrogens is 292 g/mol. The number of anilines is 1. The van der Waals surface area contributed by atoms with E-state index in [4.69, 9.17) is 9.26 Å². The fraction of sp³-hybridized carbons (Fsp3) is 0.533. The number of rotatable bonds is 3. The summed E-state index contributed by atoms with van der Waals surface area (Å²) in [6.45, 7) is 3.19.